The van der Waals surface area contributed by atoms with Gasteiger partial charge in [-0.05, 0) is 12.3 Å². The molecule has 0 aromatic heterocycles. The zero-order valence-electron chi connectivity index (χ0n) is 6.20. The zero-order chi connectivity index (χ0) is 7.98. The highest BCUT2D eigenvalue weighted by Crippen LogP contribution is 2.04. The Balaban J connectivity index is 3.82. The van der Waals surface area contributed by atoms with Crippen LogP contribution in [0.1, 0.15) is 20.3 Å². The highest BCUT2D eigenvalue weighted by Gasteiger charge is 2.06. The lowest BCUT2D eigenvalue weighted by Gasteiger charge is -2.04. The molecule has 0 amide bonds. The van der Waals surface area contributed by atoms with Gasteiger partial charge in [0.15, 0.2) is 0 Å². The van der Waals surface area contributed by atoms with E-state index in [4.69, 9.17) is 0 Å². The molecule has 1 atom stereocenters. The van der Waals surface area contributed by atoms with Crippen LogP contribution in [0.25, 0.3) is 0 Å². The summed E-state index contributed by atoms with van der Waals surface area (Å²) in [6, 6.07) is -0.488. The van der Waals surface area contributed by atoms with Crippen molar-refractivity contribution in [1.82, 2.24) is 0 Å². The van der Waals surface area contributed by atoms with E-state index in [1.165, 1.54) is 6.08 Å². The Morgan fingerprint density at radius 3 is 2.50 bits per heavy atom. The Labute approximate surface area is 60.1 Å². The van der Waals surface area contributed by atoms with Gasteiger partial charge in [-0.1, -0.05) is 13.8 Å². The number of carbonyl (C=O) groups excluding carboxylic acids is 2. The highest BCUT2D eigenvalue weighted by molar-refractivity contribution is 5.59. The summed E-state index contributed by atoms with van der Waals surface area (Å²) in [6.45, 7) is 3.94. The summed E-state index contributed by atoms with van der Waals surface area (Å²) in [6.07, 6.45) is 2.66. The number of carbonyl (C=O) groups is 1. The first-order valence-corrected chi connectivity index (χ1v) is 3.23. The summed E-state index contributed by atoms with van der Waals surface area (Å²) >= 11 is 0. The maximum Gasteiger partial charge on any atom is 0.235 e. The molecule has 0 heterocycles. The van der Waals surface area contributed by atoms with Gasteiger partial charge in [-0.2, -0.15) is 4.99 Å². The van der Waals surface area contributed by atoms with E-state index in [1.54, 1.807) is 0 Å². The van der Waals surface area contributed by atoms with Gasteiger partial charge in [-0.3, -0.25) is 0 Å². The molecule has 56 valence electrons. The van der Waals surface area contributed by atoms with Gasteiger partial charge in [0, 0.05) is 0 Å². The molecule has 0 radical (unpaired) electrons. The SMILES string of the molecule is CC(C)CC(C=O)N=C=O. The van der Waals surface area contributed by atoms with Crippen LogP contribution in [0.3, 0.4) is 0 Å². The molecule has 0 bridgehead atoms. The Morgan fingerprint density at radius 2 is 2.20 bits per heavy atom. The first-order chi connectivity index (χ1) is 4.70. The van der Waals surface area contributed by atoms with Crippen LogP contribution < -0.4 is 0 Å². The molecule has 0 aromatic carbocycles. The third-order valence-corrected chi connectivity index (χ3v) is 1.09. The van der Waals surface area contributed by atoms with Gasteiger partial charge in [0.1, 0.15) is 12.3 Å². The molecule has 0 rings (SSSR count). The monoisotopic (exact) mass is 141 g/mol. The Kier molecular flexibility index (Phi) is 4.42. The lowest BCUT2D eigenvalue weighted by atomic mass is 10.1. The standard InChI is InChI=1S/C7H11NO2/c1-6(2)3-7(4-9)8-5-10/h4,6-7H,3H2,1-2H3. The largest absolute Gasteiger partial charge is 0.301 e. The highest BCUT2D eigenvalue weighted by atomic mass is 16.1. The minimum absolute atomic E-state index is 0.382. The number of hydrogen-bond acceptors (Lipinski definition) is 3. The molecule has 0 aliphatic carbocycles. The van der Waals surface area contributed by atoms with Gasteiger partial charge in [-0.25, -0.2) is 4.79 Å². The van der Waals surface area contributed by atoms with Crippen LogP contribution in [0.4, 0.5) is 0 Å². The predicted molar refractivity (Wildman–Crippen MR) is 37.4 cm³/mol. The predicted octanol–water partition coefficient (Wildman–Crippen LogP) is 0.936. The average Bonchev–Trinajstić information content (AvgIpc) is 1.86. The molecule has 0 saturated carbocycles. The lowest BCUT2D eigenvalue weighted by molar-refractivity contribution is -0.109. The van der Waals surface area contributed by atoms with Crippen LogP contribution in [-0.2, 0) is 9.59 Å². The second kappa shape index (κ2) is 4.89. The van der Waals surface area contributed by atoms with Crippen molar-refractivity contribution in [1.29, 1.82) is 0 Å². The molecule has 0 aliphatic rings. The first kappa shape index (κ1) is 9.05. The number of aliphatic imine (C=N–C) groups is 1. The van der Waals surface area contributed by atoms with Gasteiger partial charge in [0.2, 0.25) is 6.08 Å². The molecule has 0 saturated heterocycles. The molecule has 0 N–H and O–H groups in total. The summed E-state index contributed by atoms with van der Waals surface area (Å²) < 4.78 is 0. The van der Waals surface area contributed by atoms with Gasteiger partial charge in [0.05, 0.1) is 0 Å². The van der Waals surface area contributed by atoms with Crippen LogP contribution in [0.15, 0.2) is 4.99 Å². The molecular formula is C7H11NO2. The fourth-order valence-corrected chi connectivity index (χ4v) is 0.689. The Morgan fingerprint density at radius 1 is 1.60 bits per heavy atom. The minimum atomic E-state index is -0.488. The van der Waals surface area contributed by atoms with Crippen LogP contribution in [0, 0.1) is 5.92 Å². The normalized spacial score (nSPS) is 12.3. The molecule has 0 aliphatic heterocycles. The zero-order valence-corrected chi connectivity index (χ0v) is 6.20. The van der Waals surface area contributed by atoms with Gasteiger partial charge in [0.25, 0.3) is 0 Å². The van der Waals surface area contributed by atoms with Crippen molar-refractivity contribution < 1.29 is 9.59 Å². The third kappa shape index (κ3) is 3.98. The quantitative estimate of drug-likeness (QED) is 0.332. The minimum Gasteiger partial charge on any atom is -0.301 e. The number of isocyanates is 1. The van der Waals surface area contributed by atoms with Crippen molar-refractivity contribution >= 4 is 12.4 Å². The van der Waals surface area contributed by atoms with E-state index in [1.807, 2.05) is 13.8 Å². The fraction of sp³-hybridized carbons (Fsp3) is 0.714. The second-order valence-corrected chi connectivity index (χ2v) is 2.55. The van der Waals surface area contributed by atoms with E-state index in [0.717, 1.165) is 0 Å². The van der Waals surface area contributed by atoms with E-state index >= 15 is 0 Å². The van der Waals surface area contributed by atoms with Gasteiger partial charge < -0.3 is 4.79 Å². The molecule has 0 spiro atoms. The molecule has 10 heavy (non-hydrogen) atoms. The molecule has 3 nitrogen and oxygen atoms in total. The molecule has 1 unspecified atom stereocenters. The number of nitrogens with zero attached hydrogens (tertiary/aromatic N) is 1. The van der Waals surface area contributed by atoms with Crippen molar-refractivity contribution in [3.8, 4) is 0 Å². The second-order valence-electron chi connectivity index (χ2n) is 2.55. The molecule has 0 fully saturated rings. The number of aldehydes is 1. The topological polar surface area (TPSA) is 46.5 Å². The Bertz CT molecular complexity index is 148. The van der Waals surface area contributed by atoms with E-state index in [2.05, 4.69) is 4.99 Å². The first-order valence-electron chi connectivity index (χ1n) is 3.23. The van der Waals surface area contributed by atoms with Crippen LogP contribution in [0.5, 0.6) is 0 Å². The molecule has 3 heteroatoms. The summed E-state index contributed by atoms with van der Waals surface area (Å²) in [5, 5.41) is 0. The summed E-state index contributed by atoms with van der Waals surface area (Å²) in [7, 11) is 0. The van der Waals surface area contributed by atoms with E-state index < -0.39 is 6.04 Å². The number of hydrogen-bond donors (Lipinski definition) is 0. The average molecular weight is 141 g/mol. The fourth-order valence-electron chi connectivity index (χ4n) is 0.689. The van der Waals surface area contributed by atoms with Gasteiger partial charge >= 0.3 is 0 Å². The smallest absolute Gasteiger partial charge is 0.235 e. The summed E-state index contributed by atoms with van der Waals surface area (Å²) in [5.74, 6) is 0.382. The summed E-state index contributed by atoms with van der Waals surface area (Å²) in [5.41, 5.74) is 0. The van der Waals surface area contributed by atoms with E-state index in [0.29, 0.717) is 18.6 Å². The summed E-state index contributed by atoms with van der Waals surface area (Å²) in [4.78, 5) is 23.2. The van der Waals surface area contributed by atoms with Crippen molar-refractivity contribution in [3.63, 3.8) is 0 Å². The van der Waals surface area contributed by atoms with Crippen LogP contribution in [-0.4, -0.2) is 18.4 Å². The van der Waals surface area contributed by atoms with Crippen LogP contribution >= 0.6 is 0 Å². The maximum atomic E-state index is 10.2. The van der Waals surface area contributed by atoms with Crippen molar-refractivity contribution in [3.05, 3.63) is 0 Å². The Hall–Kier alpha value is -0.950. The molecule has 0 aromatic rings. The van der Waals surface area contributed by atoms with Gasteiger partial charge in [-0.15, -0.1) is 0 Å². The van der Waals surface area contributed by atoms with Crippen molar-refractivity contribution in [2.24, 2.45) is 10.9 Å². The maximum absolute atomic E-state index is 10.2. The van der Waals surface area contributed by atoms with Crippen molar-refractivity contribution in [2.45, 2.75) is 26.3 Å². The van der Waals surface area contributed by atoms with E-state index in [9.17, 15) is 9.59 Å². The molecular weight excluding hydrogens is 130 g/mol. The number of rotatable bonds is 4. The lowest BCUT2D eigenvalue weighted by Crippen LogP contribution is -2.08. The van der Waals surface area contributed by atoms with Crippen molar-refractivity contribution in [2.75, 3.05) is 0 Å². The van der Waals surface area contributed by atoms with Crippen LogP contribution in [0.2, 0.25) is 0 Å². The third-order valence-electron chi connectivity index (χ3n) is 1.09. The van der Waals surface area contributed by atoms with E-state index in [-0.39, 0.29) is 0 Å².